The molecular formula is C10H10N2S. The molecule has 0 fully saturated rings. The Morgan fingerprint density at radius 2 is 2.15 bits per heavy atom. The molecule has 0 spiro atoms. The van der Waals surface area contributed by atoms with Crippen LogP contribution in [0.3, 0.4) is 0 Å². The largest absolute Gasteiger partial charge is 0.138 e. The van der Waals surface area contributed by atoms with Gasteiger partial charge in [0.05, 0.1) is 0 Å². The number of hydrogen-bond donors (Lipinski definition) is 0. The van der Waals surface area contributed by atoms with Crippen molar-refractivity contribution in [3.63, 3.8) is 0 Å². The average Bonchev–Trinajstić information content (AvgIpc) is 2.70. The van der Waals surface area contributed by atoms with Crippen molar-refractivity contribution in [2.45, 2.75) is 13.3 Å². The summed E-state index contributed by atoms with van der Waals surface area (Å²) >= 11 is 1.39. The van der Waals surface area contributed by atoms with E-state index in [0.717, 1.165) is 12.1 Å². The van der Waals surface area contributed by atoms with Crippen molar-refractivity contribution in [3.8, 4) is 11.3 Å². The second kappa shape index (κ2) is 3.66. The fraction of sp³-hybridized carbons (Fsp3) is 0.200. The quantitative estimate of drug-likeness (QED) is 0.727. The zero-order valence-electron chi connectivity index (χ0n) is 7.40. The van der Waals surface area contributed by atoms with E-state index in [9.17, 15) is 0 Å². The summed E-state index contributed by atoms with van der Waals surface area (Å²) in [6.45, 7) is 2.15. The third-order valence-electron chi connectivity index (χ3n) is 2.03. The third-order valence-corrected chi connectivity index (χ3v) is 2.54. The lowest BCUT2D eigenvalue weighted by atomic mass is 10.0. The molecule has 0 saturated carbocycles. The van der Waals surface area contributed by atoms with Crippen LogP contribution < -0.4 is 0 Å². The summed E-state index contributed by atoms with van der Waals surface area (Å²) in [6, 6.07) is 8.32. The van der Waals surface area contributed by atoms with E-state index in [2.05, 4.69) is 34.7 Å². The molecule has 0 N–H and O–H groups in total. The Labute approximate surface area is 81.4 Å². The maximum Gasteiger partial charge on any atom is 0.106 e. The van der Waals surface area contributed by atoms with Gasteiger partial charge in [0.25, 0.3) is 0 Å². The van der Waals surface area contributed by atoms with Gasteiger partial charge in [-0.3, -0.25) is 0 Å². The highest BCUT2D eigenvalue weighted by Crippen LogP contribution is 2.22. The molecule has 0 saturated heterocycles. The summed E-state index contributed by atoms with van der Waals surface area (Å²) in [5.74, 6) is 0. The highest BCUT2D eigenvalue weighted by molar-refractivity contribution is 7.03. The molecule has 0 bridgehead atoms. The van der Waals surface area contributed by atoms with Crippen LogP contribution in [0.4, 0.5) is 0 Å². The van der Waals surface area contributed by atoms with Crippen molar-refractivity contribution in [3.05, 3.63) is 35.2 Å². The van der Waals surface area contributed by atoms with Gasteiger partial charge in [0.15, 0.2) is 0 Å². The Morgan fingerprint density at radius 3 is 2.85 bits per heavy atom. The molecule has 0 aliphatic rings. The second-order valence-corrected chi connectivity index (χ2v) is 3.41. The minimum Gasteiger partial charge on any atom is -0.138 e. The highest BCUT2D eigenvalue weighted by Gasteiger charge is 2.04. The predicted molar refractivity (Wildman–Crippen MR) is 54.7 cm³/mol. The number of benzene rings is 1. The van der Waals surface area contributed by atoms with E-state index in [0.29, 0.717) is 0 Å². The predicted octanol–water partition coefficient (Wildman–Crippen LogP) is 2.77. The minimum atomic E-state index is 0.988. The van der Waals surface area contributed by atoms with Crippen LogP contribution in [-0.4, -0.2) is 9.59 Å². The first-order chi connectivity index (χ1) is 6.42. The van der Waals surface area contributed by atoms with Crippen LogP contribution >= 0.6 is 11.5 Å². The van der Waals surface area contributed by atoms with Crippen LogP contribution in [0.15, 0.2) is 29.6 Å². The van der Waals surface area contributed by atoms with Gasteiger partial charge in [0.2, 0.25) is 0 Å². The fourth-order valence-corrected chi connectivity index (χ4v) is 1.82. The van der Waals surface area contributed by atoms with Crippen molar-refractivity contribution in [1.82, 2.24) is 9.59 Å². The summed E-state index contributed by atoms with van der Waals surface area (Å²) in [5.41, 5.74) is 3.52. The molecule has 2 rings (SSSR count). The van der Waals surface area contributed by atoms with Crippen molar-refractivity contribution < 1.29 is 0 Å². The summed E-state index contributed by atoms with van der Waals surface area (Å²) in [5, 5.41) is 6.04. The van der Waals surface area contributed by atoms with Crippen molar-refractivity contribution in [1.29, 1.82) is 0 Å². The van der Waals surface area contributed by atoms with Crippen molar-refractivity contribution in [2.75, 3.05) is 0 Å². The summed E-state index contributed by atoms with van der Waals surface area (Å²) in [6.07, 6.45) is 1.04. The van der Waals surface area contributed by atoms with E-state index in [4.69, 9.17) is 0 Å². The monoisotopic (exact) mass is 190 g/mol. The van der Waals surface area contributed by atoms with E-state index >= 15 is 0 Å². The van der Waals surface area contributed by atoms with Gasteiger partial charge in [0, 0.05) is 10.9 Å². The molecular weight excluding hydrogens is 180 g/mol. The Hall–Kier alpha value is -1.22. The molecule has 2 aromatic rings. The lowest BCUT2D eigenvalue weighted by Gasteiger charge is -2.02. The van der Waals surface area contributed by atoms with E-state index < -0.39 is 0 Å². The first-order valence-corrected chi connectivity index (χ1v) is 5.11. The van der Waals surface area contributed by atoms with Gasteiger partial charge in [-0.25, -0.2) is 0 Å². The third kappa shape index (κ3) is 1.60. The van der Waals surface area contributed by atoms with Crippen LogP contribution in [0.2, 0.25) is 0 Å². The van der Waals surface area contributed by atoms with Gasteiger partial charge in [-0.05, 0) is 23.5 Å². The SMILES string of the molecule is CCc1ccccc1-c1csnn1. The Kier molecular flexibility index (Phi) is 2.36. The highest BCUT2D eigenvalue weighted by atomic mass is 32.1. The second-order valence-electron chi connectivity index (χ2n) is 2.80. The van der Waals surface area contributed by atoms with Crippen LogP contribution in [0, 0.1) is 0 Å². The van der Waals surface area contributed by atoms with Crippen LogP contribution in [0.25, 0.3) is 11.3 Å². The molecule has 13 heavy (non-hydrogen) atoms. The van der Waals surface area contributed by atoms with E-state index in [1.165, 1.54) is 22.7 Å². The smallest absolute Gasteiger partial charge is 0.106 e. The molecule has 66 valence electrons. The first-order valence-electron chi connectivity index (χ1n) is 4.27. The van der Waals surface area contributed by atoms with E-state index in [1.54, 1.807) is 0 Å². The molecule has 1 aromatic heterocycles. The average molecular weight is 190 g/mol. The van der Waals surface area contributed by atoms with E-state index in [-0.39, 0.29) is 0 Å². The molecule has 0 aliphatic heterocycles. The van der Waals surface area contributed by atoms with Gasteiger partial charge in [0.1, 0.15) is 5.69 Å². The Morgan fingerprint density at radius 1 is 1.31 bits per heavy atom. The Bertz CT molecular complexity index is 382. The lowest BCUT2D eigenvalue weighted by molar-refractivity contribution is 1.11. The van der Waals surface area contributed by atoms with Crippen LogP contribution in [0.5, 0.6) is 0 Å². The maximum atomic E-state index is 4.06. The van der Waals surface area contributed by atoms with Crippen molar-refractivity contribution >= 4 is 11.5 Å². The zero-order chi connectivity index (χ0) is 9.10. The molecule has 0 amide bonds. The van der Waals surface area contributed by atoms with Gasteiger partial charge >= 0.3 is 0 Å². The molecule has 1 aromatic carbocycles. The van der Waals surface area contributed by atoms with Crippen molar-refractivity contribution in [2.24, 2.45) is 0 Å². The number of aromatic nitrogens is 2. The summed E-state index contributed by atoms with van der Waals surface area (Å²) < 4.78 is 3.87. The van der Waals surface area contributed by atoms with Crippen LogP contribution in [-0.2, 0) is 6.42 Å². The molecule has 3 heteroatoms. The van der Waals surface area contributed by atoms with E-state index in [1.807, 2.05) is 11.4 Å². The standard InChI is InChI=1S/C10H10N2S/c1-2-8-5-3-4-6-9(8)10-7-13-12-11-10/h3-7H,2H2,1H3. The van der Waals surface area contributed by atoms with Gasteiger partial charge in [-0.1, -0.05) is 35.7 Å². The minimum absolute atomic E-state index is 0.988. The lowest BCUT2D eigenvalue weighted by Crippen LogP contribution is -1.86. The molecule has 1 heterocycles. The first kappa shape index (κ1) is 8.38. The van der Waals surface area contributed by atoms with Gasteiger partial charge < -0.3 is 0 Å². The maximum absolute atomic E-state index is 4.06. The number of nitrogens with zero attached hydrogens (tertiary/aromatic N) is 2. The number of aryl methyl sites for hydroxylation is 1. The van der Waals surface area contributed by atoms with Gasteiger partial charge in [-0.15, -0.1) is 5.10 Å². The molecule has 0 atom stereocenters. The van der Waals surface area contributed by atoms with Crippen LogP contribution in [0.1, 0.15) is 12.5 Å². The van der Waals surface area contributed by atoms with Gasteiger partial charge in [-0.2, -0.15) is 0 Å². The number of hydrogen-bond acceptors (Lipinski definition) is 3. The molecule has 0 aliphatic carbocycles. The zero-order valence-corrected chi connectivity index (χ0v) is 8.21. The normalized spacial score (nSPS) is 10.2. The molecule has 0 unspecified atom stereocenters. The fourth-order valence-electron chi connectivity index (χ4n) is 1.36. The summed E-state index contributed by atoms with van der Waals surface area (Å²) in [7, 11) is 0. The molecule has 2 nitrogen and oxygen atoms in total. The topological polar surface area (TPSA) is 25.8 Å². The Balaban J connectivity index is 2.51. The molecule has 0 radical (unpaired) electrons. The summed E-state index contributed by atoms with van der Waals surface area (Å²) in [4.78, 5) is 0. The number of rotatable bonds is 2.